The molecule has 0 unspecified atom stereocenters. The zero-order chi connectivity index (χ0) is 28.1. The zero-order valence-electron chi connectivity index (χ0n) is 21.5. The van der Waals surface area contributed by atoms with E-state index in [1.165, 1.54) is 23.9 Å². The van der Waals surface area contributed by atoms with Gasteiger partial charge in [0.05, 0.1) is 11.3 Å². The predicted molar refractivity (Wildman–Crippen MR) is 146 cm³/mol. The molecule has 41 heavy (non-hydrogen) atoms. The number of nitrogens with one attached hydrogen (secondary N) is 1. The molecule has 3 aromatic heterocycles. The molecule has 0 radical (unpaired) electrons. The van der Waals surface area contributed by atoms with Gasteiger partial charge < -0.3 is 15.0 Å². The number of carbonyl (C=O) groups is 1. The second-order valence-corrected chi connectivity index (χ2v) is 10.1. The lowest BCUT2D eigenvalue weighted by molar-refractivity contribution is -0.189. The lowest BCUT2D eigenvalue weighted by atomic mass is 10.0. The van der Waals surface area contributed by atoms with Crippen LogP contribution in [-0.2, 0) is 4.79 Å². The molecule has 206 valence electrons. The van der Waals surface area contributed by atoms with E-state index in [1.54, 1.807) is 41.3 Å². The number of rotatable bonds is 5. The van der Waals surface area contributed by atoms with Crippen molar-refractivity contribution in [3.63, 3.8) is 0 Å². The van der Waals surface area contributed by atoms with Crippen LogP contribution < -0.4 is 15.0 Å². The summed E-state index contributed by atoms with van der Waals surface area (Å²) in [6, 6.07) is 20.8. The summed E-state index contributed by atoms with van der Waals surface area (Å²) in [5.41, 5.74) is 5.80. The van der Waals surface area contributed by atoms with Crippen molar-refractivity contribution >= 4 is 17.3 Å². The summed E-state index contributed by atoms with van der Waals surface area (Å²) >= 11 is 0. The molecule has 2 aromatic carbocycles. The largest absolute Gasteiger partial charge is 0.491 e. The van der Waals surface area contributed by atoms with Crippen LogP contribution in [0.3, 0.4) is 0 Å². The molecule has 2 bridgehead atoms. The highest BCUT2D eigenvalue weighted by molar-refractivity contribution is 5.92. The number of alkyl halides is 3. The van der Waals surface area contributed by atoms with Gasteiger partial charge in [-0.1, -0.05) is 24.3 Å². The molecule has 2 aliphatic heterocycles. The number of aromatic nitrogens is 4. The Bertz CT molecular complexity index is 1750. The van der Waals surface area contributed by atoms with E-state index in [4.69, 9.17) is 5.10 Å². The zero-order valence-corrected chi connectivity index (χ0v) is 21.5. The summed E-state index contributed by atoms with van der Waals surface area (Å²) in [4.78, 5) is 22.6. The molecule has 2 atom stereocenters. The molecule has 2 fully saturated rings. The highest BCUT2D eigenvalue weighted by Crippen LogP contribution is 2.38. The van der Waals surface area contributed by atoms with Crippen molar-refractivity contribution in [3.8, 4) is 39.4 Å². The van der Waals surface area contributed by atoms with Crippen molar-refractivity contribution in [2.75, 3.05) is 18.0 Å². The van der Waals surface area contributed by atoms with E-state index in [0.717, 1.165) is 36.3 Å². The van der Waals surface area contributed by atoms with Gasteiger partial charge in [0, 0.05) is 60.6 Å². The number of pyridine rings is 1. The van der Waals surface area contributed by atoms with E-state index >= 15 is 0 Å². The number of hydrogen-bond acceptors (Lipinski definition) is 7. The van der Waals surface area contributed by atoms with Crippen LogP contribution in [0, 0.1) is 0 Å². The van der Waals surface area contributed by atoms with Crippen LogP contribution in [0.1, 0.15) is 6.42 Å². The Hall–Kier alpha value is -4.77. The number of halogens is 3. The first-order valence-corrected chi connectivity index (χ1v) is 13.1. The number of hydrogen-bond donors (Lipinski definition) is 1. The average Bonchev–Trinajstić information content (AvgIpc) is 3.72. The summed E-state index contributed by atoms with van der Waals surface area (Å²) in [5.74, 6) is -2.52. The number of fused-ring (bicyclic) bond motifs is 3. The van der Waals surface area contributed by atoms with E-state index in [0.29, 0.717) is 34.6 Å². The Morgan fingerprint density at radius 3 is 2.46 bits per heavy atom. The van der Waals surface area contributed by atoms with Crippen molar-refractivity contribution in [2.24, 2.45) is 0 Å². The van der Waals surface area contributed by atoms with Crippen LogP contribution in [0.25, 0.3) is 39.3 Å². The fraction of sp³-hybridized carbons (Fsp3) is 0.200. The third kappa shape index (κ3) is 4.57. The minimum absolute atomic E-state index is 0.234. The highest BCUT2D eigenvalue weighted by atomic mass is 19.4. The molecule has 8 nitrogen and oxygen atoms in total. The van der Waals surface area contributed by atoms with Crippen LogP contribution in [0.4, 0.5) is 18.9 Å². The van der Waals surface area contributed by atoms with E-state index in [2.05, 4.69) is 49.2 Å². The summed E-state index contributed by atoms with van der Waals surface area (Å²) in [6.07, 6.45) is 1.01. The molecule has 0 spiro atoms. The Kier molecular flexibility index (Phi) is 5.97. The second-order valence-electron chi connectivity index (χ2n) is 10.1. The molecule has 0 amide bonds. The minimum atomic E-state index is -5.11. The maximum Gasteiger partial charge on any atom is 0.491 e. The van der Waals surface area contributed by atoms with Gasteiger partial charge in [-0.3, -0.25) is 4.98 Å². The molecule has 11 heteroatoms. The van der Waals surface area contributed by atoms with Crippen molar-refractivity contribution in [2.45, 2.75) is 24.7 Å². The van der Waals surface area contributed by atoms with Gasteiger partial charge in [-0.05, 0) is 54.4 Å². The van der Waals surface area contributed by atoms with Gasteiger partial charge in [-0.15, -0.1) is 0 Å². The molecule has 2 saturated heterocycles. The van der Waals surface area contributed by atoms with Crippen LogP contribution in [0.2, 0.25) is 0 Å². The maximum atomic E-state index is 12.9. The third-order valence-electron chi connectivity index (χ3n) is 7.59. The van der Waals surface area contributed by atoms with Crippen LogP contribution >= 0.6 is 0 Å². The molecule has 1 N–H and O–H groups in total. The topological polar surface area (TPSA) is 84.6 Å². The van der Waals surface area contributed by atoms with Crippen LogP contribution in [0.15, 0.2) is 85.3 Å². The SMILES string of the molecule is O=C(Oc1cccc(-c2c(-c3ccncc3)nn3c(-c4ccc(N5C[C@@H]6C[C@H]5CN6)cc4)ccnc23)c1)C(F)(F)F. The minimum Gasteiger partial charge on any atom is -0.420 e. The number of ether oxygens (including phenoxy) is 1. The van der Waals surface area contributed by atoms with Gasteiger partial charge in [0.2, 0.25) is 0 Å². The number of nitrogens with zero attached hydrogens (tertiary/aromatic N) is 5. The Balaban J connectivity index is 1.32. The quantitative estimate of drug-likeness (QED) is 0.237. The average molecular weight is 557 g/mol. The third-order valence-corrected chi connectivity index (χ3v) is 7.59. The van der Waals surface area contributed by atoms with Gasteiger partial charge in [-0.2, -0.15) is 18.3 Å². The van der Waals surface area contributed by atoms with Gasteiger partial charge >= 0.3 is 12.1 Å². The number of anilines is 1. The van der Waals surface area contributed by atoms with Crippen LogP contribution in [0.5, 0.6) is 5.75 Å². The lowest BCUT2D eigenvalue weighted by Crippen LogP contribution is -2.43. The van der Waals surface area contributed by atoms with E-state index in [1.807, 2.05) is 6.07 Å². The number of esters is 1. The maximum absolute atomic E-state index is 12.9. The highest BCUT2D eigenvalue weighted by Gasteiger charge is 2.41. The lowest BCUT2D eigenvalue weighted by Gasteiger charge is -2.29. The number of piperazine rings is 1. The molecule has 2 aliphatic rings. The first kappa shape index (κ1) is 25.2. The molecular formula is C30H23F3N6O2. The summed E-state index contributed by atoms with van der Waals surface area (Å²) in [5, 5.41) is 8.44. The Morgan fingerprint density at radius 2 is 1.76 bits per heavy atom. The second kappa shape index (κ2) is 9.70. The molecule has 7 rings (SSSR count). The molecule has 0 saturated carbocycles. The van der Waals surface area contributed by atoms with Gasteiger partial charge in [0.15, 0.2) is 5.65 Å². The van der Waals surface area contributed by atoms with E-state index in [-0.39, 0.29) is 5.75 Å². The smallest absolute Gasteiger partial charge is 0.420 e. The standard InChI is InChI=1S/C30H23F3N6O2/c31-30(32,33)29(40)41-24-3-1-2-20(14-24)26-27(19-8-11-34-12-9-19)37-39-25(10-13-35-28(26)39)18-4-6-22(7-5-18)38-17-21-15-23(38)16-36-21/h1-14,21,23,36H,15-17H2/t21-,23-/m0/s1. The van der Waals surface area contributed by atoms with Gasteiger partial charge in [-0.25, -0.2) is 14.3 Å². The number of benzene rings is 2. The van der Waals surface area contributed by atoms with Gasteiger partial charge in [0.25, 0.3) is 0 Å². The van der Waals surface area contributed by atoms with Crippen LogP contribution in [-0.4, -0.2) is 56.9 Å². The monoisotopic (exact) mass is 556 g/mol. The predicted octanol–water partition coefficient (Wildman–Crippen LogP) is 5.14. The fourth-order valence-electron chi connectivity index (χ4n) is 5.72. The van der Waals surface area contributed by atoms with Crippen molar-refractivity contribution in [3.05, 3.63) is 85.3 Å². The molecule has 5 aromatic rings. The molecular weight excluding hydrogens is 533 g/mol. The van der Waals surface area contributed by atoms with Crippen molar-refractivity contribution < 1.29 is 22.7 Å². The normalized spacial score (nSPS) is 18.3. The van der Waals surface area contributed by atoms with E-state index < -0.39 is 12.1 Å². The summed E-state index contributed by atoms with van der Waals surface area (Å²) < 4.78 is 44.9. The van der Waals surface area contributed by atoms with Crippen molar-refractivity contribution in [1.82, 2.24) is 24.9 Å². The molecule has 0 aliphatic carbocycles. The fourth-order valence-corrected chi connectivity index (χ4v) is 5.72. The van der Waals surface area contributed by atoms with Crippen molar-refractivity contribution in [1.29, 1.82) is 0 Å². The van der Waals surface area contributed by atoms with Gasteiger partial charge in [0.1, 0.15) is 11.4 Å². The summed E-state index contributed by atoms with van der Waals surface area (Å²) in [7, 11) is 0. The van der Waals surface area contributed by atoms with E-state index in [9.17, 15) is 18.0 Å². The number of carbonyl (C=O) groups excluding carboxylic acids is 1. The molecule has 5 heterocycles. The first-order valence-electron chi connectivity index (χ1n) is 13.1. The Labute approximate surface area is 232 Å². The Morgan fingerprint density at radius 1 is 0.951 bits per heavy atom. The first-order chi connectivity index (χ1) is 19.8. The summed E-state index contributed by atoms with van der Waals surface area (Å²) in [6.45, 7) is 2.00.